The van der Waals surface area contributed by atoms with Crippen LogP contribution in [0.15, 0.2) is 54.6 Å². The Morgan fingerprint density at radius 3 is 2.45 bits per heavy atom. The number of phenolic OH excluding ortho intramolecular Hbond substituents is 2. The van der Waals surface area contributed by atoms with E-state index < -0.39 is 0 Å². The summed E-state index contributed by atoms with van der Waals surface area (Å²) < 4.78 is 0. The molecule has 0 atom stereocenters. The molecular weight excluding hydrogens is 252 g/mol. The van der Waals surface area contributed by atoms with Crippen molar-refractivity contribution >= 4 is 17.1 Å². The minimum Gasteiger partial charge on any atom is -0.507 e. The molecule has 2 N–H and O–H groups in total. The Morgan fingerprint density at radius 2 is 1.65 bits per heavy atom. The molecule has 0 aliphatic carbocycles. The third kappa shape index (κ3) is 1.80. The summed E-state index contributed by atoms with van der Waals surface area (Å²) in [7, 11) is 0. The highest BCUT2D eigenvalue weighted by Crippen LogP contribution is 2.41. The van der Waals surface area contributed by atoms with Crippen LogP contribution in [0.3, 0.4) is 0 Å². The highest BCUT2D eigenvalue weighted by Gasteiger charge is 2.14. The molecular formula is C17H12O3. The molecule has 3 rings (SSSR count). The van der Waals surface area contributed by atoms with Crippen LogP contribution in [0.4, 0.5) is 0 Å². The molecule has 3 nitrogen and oxygen atoms in total. The van der Waals surface area contributed by atoms with Crippen LogP contribution in [0.25, 0.3) is 21.9 Å². The van der Waals surface area contributed by atoms with E-state index in [9.17, 15) is 15.0 Å². The second-order valence-corrected chi connectivity index (χ2v) is 4.54. The quantitative estimate of drug-likeness (QED) is 0.693. The first-order valence-electron chi connectivity index (χ1n) is 6.20. The summed E-state index contributed by atoms with van der Waals surface area (Å²) in [6.07, 6.45) is 0.598. The number of rotatable bonds is 2. The number of carbonyl (C=O) groups is 1. The summed E-state index contributed by atoms with van der Waals surface area (Å²) in [5, 5.41) is 22.1. The fourth-order valence-corrected chi connectivity index (χ4v) is 2.40. The standard InChI is InChI=1S/C17H12O3/c18-10-12-5-3-7-14(17(12)20)16-13-6-2-1-4-11(13)8-9-15(16)19/h1-10,19-20H. The number of para-hydroxylation sites is 1. The van der Waals surface area contributed by atoms with E-state index in [4.69, 9.17) is 0 Å². The third-order valence-corrected chi connectivity index (χ3v) is 3.37. The molecule has 0 aliphatic rings. The fraction of sp³-hybridized carbons (Fsp3) is 0. The molecule has 0 radical (unpaired) electrons. The molecule has 3 aromatic rings. The van der Waals surface area contributed by atoms with Gasteiger partial charge in [-0.1, -0.05) is 42.5 Å². The van der Waals surface area contributed by atoms with E-state index in [-0.39, 0.29) is 17.1 Å². The lowest BCUT2D eigenvalue weighted by Crippen LogP contribution is -1.88. The van der Waals surface area contributed by atoms with Crippen molar-refractivity contribution in [2.45, 2.75) is 0 Å². The van der Waals surface area contributed by atoms with Crippen LogP contribution in [-0.2, 0) is 0 Å². The van der Waals surface area contributed by atoms with Gasteiger partial charge < -0.3 is 10.2 Å². The Morgan fingerprint density at radius 1 is 0.850 bits per heavy atom. The van der Waals surface area contributed by atoms with Crippen LogP contribution in [0, 0.1) is 0 Å². The van der Waals surface area contributed by atoms with Crippen molar-refractivity contribution in [3.63, 3.8) is 0 Å². The molecule has 0 saturated heterocycles. The SMILES string of the molecule is O=Cc1cccc(-c2c(O)ccc3ccccc23)c1O. The van der Waals surface area contributed by atoms with E-state index in [0.717, 1.165) is 10.8 Å². The zero-order valence-electron chi connectivity index (χ0n) is 10.6. The van der Waals surface area contributed by atoms with Crippen LogP contribution < -0.4 is 0 Å². The van der Waals surface area contributed by atoms with Crippen molar-refractivity contribution in [1.29, 1.82) is 0 Å². The molecule has 3 aromatic carbocycles. The smallest absolute Gasteiger partial charge is 0.153 e. The summed E-state index contributed by atoms with van der Waals surface area (Å²) in [5.41, 5.74) is 1.18. The summed E-state index contributed by atoms with van der Waals surface area (Å²) in [6.45, 7) is 0. The van der Waals surface area contributed by atoms with Crippen molar-refractivity contribution in [2.75, 3.05) is 0 Å². The van der Waals surface area contributed by atoms with Crippen molar-refractivity contribution in [1.82, 2.24) is 0 Å². The number of hydrogen-bond donors (Lipinski definition) is 2. The molecule has 0 aliphatic heterocycles. The molecule has 0 unspecified atom stereocenters. The minimum atomic E-state index is -0.117. The van der Waals surface area contributed by atoms with Crippen LogP contribution in [0.2, 0.25) is 0 Å². The summed E-state index contributed by atoms with van der Waals surface area (Å²) in [4.78, 5) is 10.9. The van der Waals surface area contributed by atoms with Gasteiger partial charge in [-0.05, 0) is 22.9 Å². The highest BCUT2D eigenvalue weighted by molar-refractivity contribution is 6.02. The van der Waals surface area contributed by atoms with Gasteiger partial charge >= 0.3 is 0 Å². The second kappa shape index (κ2) is 4.70. The van der Waals surface area contributed by atoms with E-state index in [1.165, 1.54) is 6.07 Å². The van der Waals surface area contributed by atoms with Gasteiger partial charge in [0, 0.05) is 11.1 Å². The van der Waals surface area contributed by atoms with E-state index in [0.29, 0.717) is 17.4 Å². The first-order chi connectivity index (χ1) is 9.72. The number of phenols is 2. The van der Waals surface area contributed by atoms with Gasteiger partial charge in [-0.2, -0.15) is 0 Å². The Labute approximate surface area is 115 Å². The van der Waals surface area contributed by atoms with Crippen molar-refractivity contribution in [3.05, 3.63) is 60.2 Å². The molecule has 0 saturated carbocycles. The van der Waals surface area contributed by atoms with Gasteiger partial charge in [0.15, 0.2) is 6.29 Å². The predicted octanol–water partition coefficient (Wildman–Crippen LogP) is 3.73. The van der Waals surface area contributed by atoms with Gasteiger partial charge in [-0.3, -0.25) is 4.79 Å². The van der Waals surface area contributed by atoms with Crippen molar-refractivity contribution in [2.24, 2.45) is 0 Å². The second-order valence-electron chi connectivity index (χ2n) is 4.54. The Kier molecular flexibility index (Phi) is 2.88. The maximum absolute atomic E-state index is 10.9. The van der Waals surface area contributed by atoms with Gasteiger partial charge in [0.25, 0.3) is 0 Å². The number of carbonyl (C=O) groups excluding carboxylic acids is 1. The molecule has 0 heterocycles. The van der Waals surface area contributed by atoms with Crippen LogP contribution in [0.5, 0.6) is 11.5 Å². The summed E-state index contributed by atoms with van der Waals surface area (Å²) in [5.74, 6) is -0.0452. The maximum Gasteiger partial charge on any atom is 0.153 e. The van der Waals surface area contributed by atoms with Gasteiger partial charge in [-0.25, -0.2) is 0 Å². The lowest BCUT2D eigenvalue weighted by molar-refractivity contribution is 0.112. The van der Waals surface area contributed by atoms with E-state index >= 15 is 0 Å². The first kappa shape index (κ1) is 12.2. The van der Waals surface area contributed by atoms with E-state index in [1.807, 2.05) is 30.3 Å². The number of hydrogen-bond acceptors (Lipinski definition) is 3. The van der Waals surface area contributed by atoms with Gasteiger partial charge in [0.2, 0.25) is 0 Å². The van der Waals surface area contributed by atoms with Gasteiger partial charge in [0.1, 0.15) is 11.5 Å². The normalized spacial score (nSPS) is 10.6. The zero-order chi connectivity index (χ0) is 14.1. The van der Waals surface area contributed by atoms with Crippen molar-refractivity contribution in [3.8, 4) is 22.6 Å². The number of aromatic hydroxyl groups is 2. The van der Waals surface area contributed by atoms with Crippen molar-refractivity contribution < 1.29 is 15.0 Å². The van der Waals surface area contributed by atoms with Gasteiger partial charge in [-0.15, -0.1) is 0 Å². The number of aldehydes is 1. The third-order valence-electron chi connectivity index (χ3n) is 3.37. The predicted molar refractivity (Wildman–Crippen MR) is 78.1 cm³/mol. The Hall–Kier alpha value is -2.81. The number of benzene rings is 3. The molecule has 3 heteroatoms. The molecule has 20 heavy (non-hydrogen) atoms. The average molecular weight is 264 g/mol. The average Bonchev–Trinajstić information content (AvgIpc) is 2.48. The maximum atomic E-state index is 10.9. The molecule has 0 spiro atoms. The lowest BCUT2D eigenvalue weighted by atomic mass is 9.95. The summed E-state index contributed by atoms with van der Waals surface area (Å²) >= 11 is 0. The molecule has 98 valence electrons. The zero-order valence-corrected chi connectivity index (χ0v) is 10.6. The van der Waals surface area contributed by atoms with Crippen LogP contribution >= 0.6 is 0 Å². The largest absolute Gasteiger partial charge is 0.507 e. The lowest BCUT2D eigenvalue weighted by Gasteiger charge is -2.12. The number of fused-ring (bicyclic) bond motifs is 1. The molecule has 0 aromatic heterocycles. The molecule has 0 amide bonds. The van der Waals surface area contributed by atoms with Gasteiger partial charge in [0.05, 0.1) is 5.56 Å². The Balaban J connectivity index is 2.40. The van der Waals surface area contributed by atoms with E-state index in [1.54, 1.807) is 18.2 Å². The highest BCUT2D eigenvalue weighted by atomic mass is 16.3. The van der Waals surface area contributed by atoms with E-state index in [2.05, 4.69) is 0 Å². The summed E-state index contributed by atoms with van der Waals surface area (Å²) in [6, 6.07) is 15.9. The monoisotopic (exact) mass is 264 g/mol. The fourth-order valence-electron chi connectivity index (χ4n) is 2.40. The molecule has 0 fully saturated rings. The first-order valence-corrected chi connectivity index (χ1v) is 6.20. The van der Waals surface area contributed by atoms with Crippen LogP contribution in [0.1, 0.15) is 10.4 Å². The minimum absolute atomic E-state index is 0.0713. The Bertz CT molecular complexity index is 806. The molecule has 0 bridgehead atoms. The van der Waals surface area contributed by atoms with Crippen LogP contribution in [-0.4, -0.2) is 16.5 Å². The topological polar surface area (TPSA) is 57.5 Å².